The molecule has 0 amide bonds. The van der Waals surface area contributed by atoms with Gasteiger partial charge in [-0.2, -0.15) is 4.98 Å². The summed E-state index contributed by atoms with van der Waals surface area (Å²) in [5, 5.41) is 7.69. The Labute approximate surface area is 114 Å². The summed E-state index contributed by atoms with van der Waals surface area (Å²) in [6, 6.07) is 1.43. The summed E-state index contributed by atoms with van der Waals surface area (Å²) in [4.78, 5) is 4.47. The number of rotatable bonds is 5. The van der Waals surface area contributed by atoms with Crippen LogP contribution in [0.3, 0.4) is 0 Å². The second-order valence-corrected chi connectivity index (χ2v) is 5.82. The summed E-state index contributed by atoms with van der Waals surface area (Å²) >= 11 is 0. The summed E-state index contributed by atoms with van der Waals surface area (Å²) in [5.74, 6) is 2.14. The van der Waals surface area contributed by atoms with Crippen LogP contribution in [-0.2, 0) is 11.2 Å². The highest BCUT2D eigenvalue weighted by atomic mass is 16.5. The molecule has 3 rings (SSSR count). The van der Waals surface area contributed by atoms with Crippen molar-refractivity contribution in [3.8, 4) is 0 Å². The third-order valence-electron chi connectivity index (χ3n) is 4.30. The molecular formula is C14H23N3O2. The first-order valence-corrected chi connectivity index (χ1v) is 7.44. The molecule has 5 nitrogen and oxygen atoms in total. The maximum Gasteiger partial charge on any atom is 0.227 e. The lowest BCUT2D eigenvalue weighted by molar-refractivity contribution is 0.0683. The van der Waals surface area contributed by atoms with Crippen LogP contribution in [0.1, 0.15) is 57.3 Å². The lowest BCUT2D eigenvalue weighted by Crippen LogP contribution is -2.38. The molecule has 0 aliphatic carbocycles. The van der Waals surface area contributed by atoms with E-state index in [1.54, 1.807) is 0 Å². The van der Waals surface area contributed by atoms with Crippen LogP contribution in [0.4, 0.5) is 0 Å². The highest BCUT2D eigenvalue weighted by Gasteiger charge is 2.34. The van der Waals surface area contributed by atoms with Crippen LogP contribution in [0.2, 0.25) is 0 Å². The highest BCUT2D eigenvalue weighted by Crippen LogP contribution is 2.32. The van der Waals surface area contributed by atoms with Gasteiger partial charge in [-0.15, -0.1) is 0 Å². The molecule has 0 aromatic carbocycles. The van der Waals surface area contributed by atoms with Gasteiger partial charge in [0, 0.05) is 25.1 Å². The van der Waals surface area contributed by atoms with Gasteiger partial charge in [0.05, 0.1) is 0 Å². The normalized spacial score (nSPS) is 31.6. The van der Waals surface area contributed by atoms with E-state index < -0.39 is 0 Å². The van der Waals surface area contributed by atoms with Crippen molar-refractivity contribution in [2.45, 2.75) is 64.1 Å². The number of nitrogens with one attached hydrogen (secondary N) is 1. The zero-order valence-electron chi connectivity index (χ0n) is 11.8. The predicted octanol–water partition coefficient (Wildman–Crippen LogP) is 2.24. The predicted molar refractivity (Wildman–Crippen MR) is 70.7 cm³/mol. The van der Waals surface area contributed by atoms with Crippen molar-refractivity contribution in [3.05, 3.63) is 11.7 Å². The first kappa shape index (κ1) is 13.1. The fraction of sp³-hybridized carbons (Fsp3) is 0.857. The van der Waals surface area contributed by atoms with Crippen LogP contribution in [0, 0.1) is 5.92 Å². The third kappa shape index (κ3) is 2.98. The van der Waals surface area contributed by atoms with E-state index in [9.17, 15) is 0 Å². The van der Waals surface area contributed by atoms with Crippen LogP contribution in [0.5, 0.6) is 0 Å². The number of aromatic nitrogens is 2. The Kier molecular flexibility index (Phi) is 3.84. The Morgan fingerprint density at radius 2 is 2.11 bits per heavy atom. The van der Waals surface area contributed by atoms with Crippen molar-refractivity contribution in [2.75, 3.05) is 6.61 Å². The van der Waals surface area contributed by atoms with E-state index in [0.717, 1.165) is 12.3 Å². The Balaban J connectivity index is 1.58. The molecule has 106 valence electrons. The van der Waals surface area contributed by atoms with E-state index in [1.807, 2.05) is 13.8 Å². The van der Waals surface area contributed by atoms with Gasteiger partial charge in [-0.05, 0) is 45.4 Å². The van der Waals surface area contributed by atoms with Gasteiger partial charge in [-0.1, -0.05) is 5.16 Å². The summed E-state index contributed by atoms with van der Waals surface area (Å²) in [7, 11) is 0. The van der Waals surface area contributed by atoms with Crippen molar-refractivity contribution in [1.82, 2.24) is 15.5 Å². The molecule has 2 bridgehead atoms. The molecule has 0 spiro atoms. The van der Waals surface area contributed by atoms with Crippen molar-refractivity contribution in [3.63, 3.8) is 0 Å². The largest absolute Gasteiger partial charge is 0.371 e. The first-order chi connectivity index (χ1) is 9.24. The summed E-state index contributed by atoms with van der Waals surface area (Å²) in [5.41, 5.74) is 0. The zero-order chi connectivity index (χ0) is 13.2. The van der Waals surface area contributed by atoms with Gasteiger partial charge in [0.25, 0.3) is 0 Å². The van der Waals surface area contributed by atoms with Crippen molar-refractivity contribution in [1.29, 1.82) is 0 Å². The number of hydrogen-bond donors (Lipinski definition) is 1. The first-order valence-electron chi connectivity index (χ1n) is 7.44. The van der Waals surface area contributed by atoms with Crippen LogP contribution in [0.25, 0.3) is 0 Å². The van der Waals surface area contributed by atoms with Gasteiger partial charge in [-0.25, -0.2) is 0 Å². The zero-order valence-corrected chi connectivity index (χ0v) is 11.8. The second kappa shape index (κ2) is 5.59. The van der Waals surface area contributed by atoms with Gasteiger partial charge in [-0.3, -0.25) is 0 Å². The fourth-order valence-corrected chi connectivity index (χ4v) is 3.43. The summed E-state index contributed by atoms with van der Waals surface area (Å²) < 4.78 is 10.8. The monoisotopic (exact) mass is 265 g/mol. The smallest absolute Gasteiger partial charge is 0.227 e. The van der Waals surface area contributed by atoms with E-state index in [-0.39, 0.29) is 6.10 Å². The molecule has 1 aromatic rings. The van der Waals surface area contributed by atoms with E-state index >= 15 is 0 Å². The quantitative estimate of drug-likeness (QED) is 0.884. The van der Waals surface area contributed by atoms with Crippen LogP contribution < -0.4 is 5.32 Å². The van der Waals surface area contributed by atoms with Gasteiger partial charge in [0.1, 0.15) is 6.10 Å². The number of hydrogen-bond acceptors (Lipinski definition) is 5. The van der Waals surface area contributed by atoms with E-state index in [4.69, 9.17) is 9.26 Å². The lowest BCUT2D eigenvalue weighted by atomic mass is 9.90. The maximum absolute atomic E-state index is 5.48. The maximum atomic E-state index is 5.48. The molecule has 2 saturated heterocycles. The topological polar surface area (TPSA) is 60.2 Å². The minimum Gasteiger partial charge on any atom is -0.371 e. The minimum atomic E-state index is -0.0771. The van der Waals surface area contributed by atoms with Crippen LogP contribution >= 0.6 is 0 Å². The minimum absolute atomic E-state index is 0.0771. The van der Waals surface area contributed by atoms with Gasteiger partial charge in [0.2, 0.25) is 5.89 Å². The molecule has 3 unspecified atom stereocenters. The van der Waals surface area contributed by atoms with Crippen molar-refractivity contribution >= 4 is 0 Å². The Morgan fingerprint density at radius 1 is 1.37 bits per heavy atom. The standard InChI is InChI=1S/C14H23N3O2/c1-3-18-9(2)14-16-13(19-17-14)8-10-6-11-4-5-12(7-10)15-11/h9-12,15H,3-8H2,1-2H3. The SMILES string of the molecule is CCOC(C)c1noc(CC2CC3CCC(C2)N3)n1. The molecule has 5 heteroatoms. The number of fused-ring (bicyclic) bond motifs is 2. The van der Waals surface area contributed by atoms with Crippen LogP contribution in [0.15, 0.2) is 4.52 Å². The second-order valence-electron chi connectivity index (χ2n) is 5.82. The van der Waals surface area contributed by atoms with E-state index in [0.29, 0.717) is 30.4 Å². The van der Waals surface area contributed by atoms with Gasteiger partial charge < -0.3 is 14.6 Å². The molecule has 2 aliphatic rings. The number of piperidine rings is 1. The molecule has 3 heterocycles. The number of nitrogens with zero attached hydrogens (tertiary/aromatic N) is 2. The number of ether oxygens (including phenoxy) is 1. The Hall–Kier alpha value is -0.940. The van der Waals surface area contributed by atoms with E-state index in [2.05, 4.69) is 15.5 Å². The van der Waals surface area contributed by atoms with Crippen molar-refractivity contribution < 1.29 is 9.26 Å². The molecular weight excluding hydrogens is 242 g/mol. The molecule has 1 aromatic heterocycles. The lowest BCUT2D eigenvalue weighted by Gasteiger charge is -2.28. The summed E-state index contributed by atoms with van der Waals surface area (Å²) in [6.07, 6.45) is 5.99. The molecule has 0 saturated carbocycles. The van der Waals surface area contributed by atoms with Crippen LogP contribution in [-0.4, -0.2) is 28.8 Å². The molecule has 1 N–H and O–H groups in total. The van der Waals surface area contributed by atoms with E-state index in [1.165, 1.54) is 25.7 Å². The molecule has 2 fully saturated rings. The van der Waals surface area contributed by atoms with Crippen molar-refractivity contribution in [2.24, 2.45) is 5.92 Å². The fourth-order valence-electron chi connectivity index (χ4n) is 3.43. The third-order valence-corrected chi connectivity index (χ3v) is 4.30. The summed E-state index contributed by atoms with van der Waals surface area (Å²) in [6.45, 7) is 4.61. The van der Waals surface area contributed by atoms with Gasteiger partial charge in [0.15, 0.2) is 5.82 Å². The average molecular weight is 265 g/mol. The highest BCUT2D eigenvalue weighted by molar-refractivity contribution is 4.96. The Morgan fingerprint density at radius 3 is 2.79 bits per heavy atom. The van der Waals surface area contributed by atoms with Gasteiger partial charge >= 0.3 is 0 Å². The Bertz CT molecular complexity index is 409. The molecule has 2 aliphatic heterocycles. The molecule has 0 radical (unpaired) electrons. The molecule has 3 atom stereocenters. The average Bonchev–Trinajstić information content (AvgIpc) is 2.97. The molecule has 19 heavy (non-hydrogen) atoms.